The average molecular weight is 371 g/mol. The number of aryl methyl sites for hydroxylation is 2. The summed E-state index contributed by atoms with van der Waals surface area (Å²) in [5, 5.41) is 6.93. The van der Waals surface area contributed by atoms with E-state index >= 15 is 0 Å². The summed E-state index contributed by atoms with van der Waals surface area (Å²) in [6.45, 7) is 7.13. The van der Waals surface area contributed by atoms with Crippen molar-refractivity contribution in [2.45, 2.75) is 45.6 Å². The number of hydrogen-bond acceptors (Lipinski definition) is 5. The van der Waals surface area contributed by atoms with Gasteiger partial charge in [0.05, 0.1) is 12.2 Å². The maximum absolute atomic E-state index is 12.4. The van der Waals surface area contributed by atoms with Crippen LogP contribution in [0.25, 0.3) is 0 Å². The molecule has 1 aliphatic heterocycles. The Bertz CT molecular complexity index is 588. The molecule has 7 nitrogen and oxygen atoms in total. The zero-order chi connectivity index (χ0) is 17.1. The highest BCUT2D eigenvalue weighted by Gasteiger charge is 2.26. The minimum absolute atomic E-state index is 0. The fourth-order valence-corrected chi connectivity index (χ4v) is 3.11. The molecule has 25 heavy (non-hydrogen) atoms. The Hall–Kier alpha value is -1.60. The Balaban J connectivity index is 0.00000225. The number of rotatable bonds is 6. The SMILES string of the molecule is Cc1noc(C)c1CCC(=O)N1CCN(CC(=O)NC2CC2)CC1.Cl. The maximum atomic E-state index is 12.4. The van der Waals surface area contributed by atoms with Crippen LogP contribution in [0.15, 0.2) is 4.52 Å². The van der Waals surface area contributed by atoms with Crippen molar-refractivity contribution in [3.8, 4) is 0 Å². The molecule has 3 rings (SSSR count). The summed E-state index contributed by atoms with van der Waals surface area (Å²) in [5.41, 5.74) is 1.91. The predicted molar refractivity (Wildman–Crippen MR) is 95.7 cm³/mol. The normalized spacial score (nSPS) is 17.9. The van der Waals surface area contributed by atoms with Crippen molar-refractivity contribution < 1.29 is 14.1 Å². The first kappa shape index (κ1) is 19.7. The second kappa shape index (κ2) is 8.67. The van der Waals surface area contributed by atoms with E-state index in [1.807, 2.05) is 18.7 Å². The van der Waals surface area contributed by atoms with Gasteiger partial charge in [-0.05, 0) is 33.1 Å². The first-order valence-corrected chi connectivity index (χ1v) is 8.74. The Morgan fingerprint density at radius 3 is 2.44 bits per heavy atom. The average Bonchev–Trinajstić information content (AvgIpc) is 3.31. The second-order valence-electron chi connectivity index (χ2n) is 6.80. The van der Waals surface area contributed by atoms with E-state index in [4.69, 9.17) is 4.52 Å². The smallest absolute Gasteiger partial charge is 0.234 e. The molecule has 2 aliphatic rings. The van der Waals surface area contributed by atoms with Crippen molar-refractivity contribution in [2.75, 3.05) is 32.7 Å². The van der Waals surface area contributed by atoms with Crippen LogP contribution in [0.3, 0.4) is 0 Å². The number of carbonyl (C=O) groups excluding carboxylic acids is 2. The van der Waals surface area contributed by atoms with Crippen LogP contribution in [-0.2, 0) is 16.0 Å². The number of hydrogen-bond donors (Lipinski definition) is 1. The lowest BCUT2D eigenvalue weighted by atomic mass is 10.1. The van der Waals surface area contributed by atoms with Crippen LogP contribution in [0, 0.1) is 13.8 Å². The minimum atomic E-state index is 0. The van der Waals surface area contributed by atoms with Gasteiger partial charge in [0.2, 0.25) is 11.8 Å². The summed E-state index contributed by atoms with van der Waals surface area (Å²) in [4.78, 5) is 28.2. The van der Waals surface area contributed by atoms with Gasteiger partial charge >= 0.3 is 0 Å². The van der Waals surface area contributed by atoms with Crippen LogP contribution in [-0.4, -0.2) is 65.5 Å². The molecule has 1 N–H and O–H groups in total. The number of amides is 2. The lowest BCUT2D eigenvalue weighted by molar-refractivity contribution is -0.133. The number of piperazine rings is 1. The molecule has 0 spiro atoms. The molecule has 0 radical (unpaired) electrons. The maximum Gasteiger partial charge on any atom is 0.234 e. The molecule has 140 valence electrons. The third-order valence-corrected chi connectivity index (χ3v) is 4.80. The molecule has 0 unspecified atom stereocenters. The third kappa shape index (κ3) is 5.44. The quantitative estimate of drug-likeness (QED) is 0.810. The van der Waals surface area contributed by atoms with Gasteiger partial charge in [-0.2, -0.15) is 0 Å². The number of nitrogens with zero attached hydrogens (tertiary/aromatic N) is 3. The van der Waals surface area contributed by atoms with E-state index in [1.165, 1.54) is 0 Å². The Morgan fingerprint density at radius 1 is 1.20 bits per heavy atom. The van der Waals surface area contributed by atoms with E-state index in [0.29, 0.717) is 38.5 Å². The van der Waals surface area contributed by atoms with Gasteiger partial charge in [0.25, 0.3) is 0 Å². The highest BCUT2D eigenvalue weighted by molar-refractivity contribution is 5.85. The summed E-state index contributed by atoms with van der Waals surface area (Å²) in [6.07, 6.45) is 3.37. The van der Waals surface area contributed by atoms with E-state index in [2.05, 4.69) is 15.4 Å². The van der Waals surface area contributed by atoms with Crippen LogP contribution < -0.4 is 5.32 Å². The van der Waals surface area contributed by atoms with Crippen molar-refractivity contribution in [2.24, 2.45) is 0 Å². The lowest BCUT2D eigenvalue weighted by Crippen LogP contribution is -2.51. The third-order valence-electron chi connectivity index (χ3n) is 4.80. The van der Waals surface area contributed by atoms with Crippen LogP contribution >= 0.6 is 12.4 Å². The first-order chi connectivity index (χ1) is 11.5. The molecule has 0 atom stereocenters. The molecule has 1 aliphatic carbocycles. The van der Waals surface area contributed by atoms with Crippen molar-refractivity contribution in [1.29, 1.82) is 0 Å². The van der Waals surface area contributed by atoms with Crippen LogP contribution in [0.4, 0.5) is 0 Å². The fourth-order valence-electron chi connectivity index (χ4n) is 3.11. The largest absolute Gasteiger partial charge is 0.361 e. The predicted octanol–water partition coefficient (Wildman–Crippen LogP) is 1.07. The van der Waals surface area contributed by atoms with Gasteiger partial charge in [-0.15, -0.1) is 12.4 Å². The van der Waals surface area contributed by atoms with E-state index < -0.39 is 0 Å². The molecule has 1 saturated heterocycles. The molecule has 2 heterocycles. The number of aromatic nitrogens is 1. The topological polar surface area (TPSA) is 78.7 Å². The molecule has 8 heteroatoms. The van der Waals surface area contributed by atoms with E-state index in [0.717, 1.165) is 42.9 Å². The lowest BCUT2D eigenvalue weighted by Gasteiger charge is -2.34. The van der Waals surface area contributed by atoms with Gasteiger partial charge < -0.3 is 14.7 Å². The second-order valence-corrected chi connectivity index (χ2v) is 6.80. The van der Waals surface area contributed by atoms with Crippen molar-refractivity contribution in [3.05, 3.63) is 17.0 Å². The van der Waals surface area contributed by atoms with Gasteiger partial charge in [0, 0.05) is 44.2 Å². The Labute approximate surface area is 154 Å². The molecule has 2 fully saturated rings. The summed E-state index contributed by atoms with van der Waals surface area (Å²) in [5.74, 6) is 1.07. The van der Waals surface area contributed by atoms with E-state index in [1.54, 1.807) is 0 Å². The summed E-state index contributed by atoms with van der Waals surface area (Å²) < 4.78 is 5.14. The summed E-state index contributed by atoms with van der Waals surface area (Å²) in [7, 11) is 0. The molecule has 0 aromatic carbocycles. The molecule has 1 saturated carbocycles. The highest BCUT2D eigenvalue weighted by atomic mass is 35.5. The zero-order valence-corrected chi connectivity index (χ0v) is 15.7. The van der Waals surface area contributed by atoms with Gasteiger partial charge in [-0.3, -0.25) is 14.5 Å². The molecule has 1 aromatic rings. The standard InChI is InChI=1S/C17H26N4O3.ClH/c1-12-15(13(2)24-19-12)5-6-17(23)21-9-7-20(8-10-21)11-16(22)18-14-3-4-14;/h14H,3-11H2,1-2H3,(H,18,22);1H. The molecular formula is C17H27ClN4O3. The van der Waals surface area contributed by atoms with E-state index in [-0.39, 0.29) is 24.2 Å². The number of carbonyl (C=O) groups is 2. The summed E-state index contributed by atoms with van der Waals surface area (Å²) >= 11 is 0. The van der Waals surface area contributed by atoms with Gasteiger partial charge in [0.15, 0.2) is 0 Å². The highest BCUT2D eigenvalue weighted by Crippen LogP contribution is 2.18. The Kier molecular flexibility index (Phi) is 6.84. The van der Waals surface area contributed by atoms with Gasteiger partial charge in [-0.1, -0.05) is 5.16 Å². The van der Waals surface area contributed by atoms with Crippen molar-refractivity contribution in [1.82, 2.24) is 20.3 Å². The van der Waals surface area contributed by atoms with Crippen molar-refractivity contribution >= 4 is 24.2 Å². The minimum Gasteiger partial charge on any atom is -0.361 e. The first-order valence-electron chi connectivity index (χ1n) is 8.74. The number of nitrogens with one attached hydrogen (secondary N) is 1. The van der Waals surface area contributed by atoms with Crippen LogP contribution in [0.2, 0.25) is 0 Å². The van der Waals surface area contributed by atoms with Gasteiger partial charge in [0.1, 0.15) is 5.76 Å². The fraction of sp³-hybridized carbons (Fsp3) is 0.706. The summed E-state index contributed by atoms with van der Waals surface area (Å²) in [6, 6.07) is 0.407. The monoisotopic (exact) mass is 370 g/mol. The zero-order valence-electron chi connectivity index (χ0n) is 14.9. The Morgan fingerprint density at radius 2 is 1.88 bits per heavy atom. The van der Waals surface area contributed by atoms with Crippen LogP contribution in [0.1, 0.15) is 36.3 Å². The molecule has 0 bridgehead atoms. The molecule has 2 amide bonds. The number of halogens is 1. The molecular weight excluding hydrogens is 344 g/mol. The molecule has 1 aromatic heterocycles. The van der Waals surface area contributed by atoms with Crippen LogP contribution in [0.5, 0.6) is 0 Å². The van der Waals surface area contributed by atoms with Crippen molar-refractivity contribution in [3.63, 3.8) is 0 Å². The van der Waals surface area contributed by atoms with Gasteiger partial charge in [-0.25, -0.2) is 0 Å². The van der Waals surface area contributed by atoms with E-state index in [9.17, 15) is 9.59 Å².